The predicted molar refractivity (Wildman–Crippen MR) is 119 cm³/mol. The fraction of sp³-hybridized carbons (Fsp3) is 0.174. The summed E-state index contributed by atoms with van der Waals surface area (Å²) in [6.07, 6.45) is -4.75. The highest BCUT2D eigenvalue weighted by molar-refractivity contribution is 6.31. The van der Waals surface area contributed by atoms with Crippen LogP contribution in [0, 0.1) is 19.7 Å². The molecule has 0 aliphatic heterocycles. The average Bonchev–Trinajstić information content (AvgIpc) is 3.10. The van der Waals surface area contributed by atoms with Gasteiger partial charge in [0, 0.05) is 16.8 Å². The Balaban J connectivity index is 1.69. The van der Waals surface area contributed by atoms with Gasteiger partial charge in [-0.15, -0.1) is 0 Å². The van der Waals surface area contributed by atoms with Gasteiger partial charge in [0.2, 0.25) is 5.88 Å². The monoisotopic (exact) mass is 492 g/mol. The Kier molecular flexibility index (Phi) is 6.18. The molecule has 176 valence electrons. The Morgan fingerprint density at radius 3 is 2.62 bits per heavy atom. The van der Waals surface area contributed by atoms with E-state index in [9.17, 15) is 22.4 Å². The number of carbonyl (C=O) groups excluding carboxylic acids is 1. The third-order valence-electron chi connectivity index (χ3n) is 4.97. The van der Waals surface area contributed by atoms with Crippen LogP contribution in [0.1, 0.15) is 16.8 Å². The lowest BCUT2D eigenvalue weighted by Crippen LogP contribution is -2.21. The van der Waals surface area contributed by atoms with E-state index in [1.807, 2.05) is 0 Å². The van der Waals surface area contributed by atoms with Crippen LogP contribution in [-0.2, 0) is 11.0 Å². The van der Waals surface area contributed by atoms with E-state index < -0.39 is 36.0 Å². The molecule has 0 bridgehead atoms. The maximum Gasteiger partial charge on any atom is 0.417 e. The van der Waals surface area contributed by atoms with Crippen molar-refractivity contribution < 1.29 is 27.1 Å². The highest BCUT2D eigenvalue weighted by Gasteiger charge is 2.36. The number of pyridine rings is 1. The van der Waals surface area contributed by atoms with Gasteiger partial charge in [0.1, 0.15) is 5.82 Å². The van der Waals surface area contributed by atoms with Crippen molar-refractivity contribution in [3.05, 3.63) is 76.2 Å². The quantitative estimate of drug-likeness (QED) is 0.354. The number of hydrogen-bond acceptors (Lipinski definition) is 4. The molecule has 0 atom stereocenters. The van der Waals surface area contributed by atoms with Gasteiger partial charge < -0.3 is 10.1 Å². The van der Waals surface area contributed by atoms with Crippen LogP contribution in [0.25, 0.3) is 16.7 Å². The summed E-state index contributed by atoms with van der Waals surface area (Å²) in [5.74, 6) is -1.64. The molecule has 0 aliphatic carbocycles. The van der Waals surface area contributed by atoms with E-state index in [1.54, 1.807) is 25.1 Å². The molecule has 2 aromatic heterocycles. The minimum atomic E-state index is -4.75. The number of aromatic nitrogens is 3. The van der Waals surface area contributed by atoms with Gasteiger partial charge in [0.25, 0.3) is 5.91 Å². The van der Waals surface area contributed by atoms with Crippen molar-refractivity contribution in [1.29, 1.82) is 0 Å². The fourth-order valence-corrected chi connectivity index (χ4v) is 3.58. The van der Waals surface area contributed by atoms with Crippen LogP contribution in [0.3, 0.4) is 0 Å². The highest BCUT2D eigenvalue weighted by Crippen LogP contribution is 2.38. The number of fused-ring (bicyclic) bond motifs is 1. The van der Waals surface area contributed by atoms with Crippen molar-refractivity contribution >= 4 is 34.2 Å². The second-order valence-corrected chi connectivity index (χ2v) is 7.91. The molecule has 0 radical (unpaired) electrons. The summed E-state index contributed by atoms with van der Waals surface area (Å²) in [7, 11) is 0. The Morgan fingerprint density at radius 2 is 1.91 bits per heavy atom. The van der Waals surface area contributed by atoms with Gasteiger partial charge >= 0.3 is 6.18 Å². The van der Waals surface area contributed by atoms with Gasteiger partial charge in [0.15, 0.2) is 12.3 Å². The van der Waals surface area contributed by atoms with E-state index in [1.165, 1.54) is 25.1 Å². The topological polar surface area (TPSA) is 69.0 Å². The lowest BCUT2D eigenvalue weighted by molar-refractivity contribution is -0.136. The third kappa shape index (κ3) is 4.81. The van der Waals surface area contributed by atoms with Crippen molar-refractivity contribution in [2.24, 2.45) is 0 Å². The number of nitrogens with zero attached hydrogens (tertiary/aromatic N) is 3. The van der Waals surface area contributed by atoms with Crippen LogP contribution in [0.4, 0.5) is 23.2 Å². The number of anilines is 1. The lowest BCUT2D eigenvalue weighted by Gasteiger charge is -2.13. The average molecular weight is 493 g/mol. The van der Waals surface area contributed by atoms with Gasteiger partial charge in [-0.05, 0) is 49.7 Å². The standard InChI is InChI=1S/C23H17ClF4N4O2/c1-12-6-7-14(24)8-18(12)29-19(33)11-34-20-10-17(23(26,27)28)21-13(2)31-32(22(21)30-20)16-5-3-4-15(25)9-16/h3-10H,11H2,1-2H3,(H,29,33). The van der Waals surface area contributed by atoms with Gasteiger partial charge in [-0.2, -0.15) is 23.3 Å². The molecule has 0 fully saturated rings. The van der Waals surface area contributed by atoms with Crippen molar-refractivity contribution in [2.75, 3.05) is 11.9 Å². The summed E-state index contributed by atoms with van der Waals surface area (Å²) in [6, 6.07) is 10.8. The smallest absolute Gasteiger partial charge is 0.417 e. The zero-order valence-corrected chi connectivity index (χ0v) is 18.6. The second kappa shape index (κ2) is 8.94. The molecular weight excluding hydrogens is 476 g/mol. The molecule has 11 heteroatoms. The summed E-state index contributed by atoms with van der Waals surface area (Å²) >= 11 is 5.94. The summed E-state index contributed by atoms with van der Waals surface area (Å²) in [5.41, 5.74) is 0.217. The molecule has 0 spiro atoms. The number of carbonyl (C=O) groups is 1. The molecule has 34 heavy (non-hydrogen) atoms. The minimum Gasteiger partial charge on any atom is -0.467 e. The molecule has 2 aromatic carbocycles. The molecule has 4 aromatic rings. The Hall–Kier alpha value is -3.66. The van der Waals surface area contributed by atoms with Crippen LogP contribution < -0.4 is 10.1 Å². The second-order valence-electron chi connectivity index (χ2n) is 7.48. The normalized spacial score (nSPS) is 11.6. The van der Waals surface area contributed by atoms with Crippen LogP contribution in [0.15, 0.2) is 48.5 Å². The van der Waals surface area contributed by atoms with E-state index in [2.05, 4.69) is 15.4 Å². The number of alkyl halides is 3. The predicted octanol–water partition coefficient (Wildman–Crippen LogP) is 5.87. The number of hydrogen-bond donors (Lipinski definition) is 1. The molecule has 2 heterocycles. The number of aryl methyl sites for hydroxylation is 2. The third-order valence-corrected chi connectivity index (χ3v) is 5.21. The molecule has 0 saturated carbocycles. The Bertz CT molecular complexity index is 1400. The first kappa shape index (κ1) is 23.5. The zero-order valence-electron chi connectivity index (χ0n) is 17.9. The van der Waals surface area contributed by atoms with E-state index in [4.69, 9.17) is 16.3 Å². The summed E-state index contributed by atoms with van der Waals surface area (Å²) in [5, 5.41) is 6.88. The number of amides is 1. The van der Waals surface area contributed by atoms with Gasteiger partial charge in [-0.3, -0.25) is 4.79 Å². The summed E-state index contributed by atoms with van der Waals surface area (Å²) in [6.45, 7) is 2.55. The van der Waals surface area contributed by atoms with Crippen LogP contribution in [0.5, 0.6) is 5.88 Å². The van der Waals surface area contributed by atoms with Crippen molar-refractivity contribution in [3.63, 3.8) is 0 Å². The van der Waals surface area contributed by atoms with E-state index >= 15 is 0 Å². The number of nitrogens with one attached hydrogen (secondary N) is 1. The first-order valence-electron chi connectivity index (χ1n) is 9.95. The van der Waals surface area contributed by atoms with Gasteiger partial charge in [0.05, 0.1) is 22.3 Å². The number of ether oxygens (including phenoxy) is 1. The van der Waals surface area contributed by atoms with Crippen LogP contribution in [0.2, 0.25) is 5.02 Å². The largest absolute Gasteiger partial charge is 0.467 e. The highest BCUT2D eigenvalue weighted by atomic mass is 35.5. The summed E-state index contributed by atoms with van der Waals surface area (Å²) < 4.78 is 61.7. The van der Waals surface area contributed by atoms with Gasteiger partial charge in [-0.25, -0.2) is 9.07 Å². The molecule has 0 unspecified atom stereocenters. The zero-order chi connectivity index (χ0) is 24.6. The van der Waals surface area contributed by atoms with Crippen LogP contribution in [-0.4, -0.2) is 27.3 Å². The van der Waals surface area contributed by atoms with Crippen molar-refractivity contribution in [1.82, 2.24) is 14.8 Å². The molecule has 4 rings (SSSR count). The van der Waals surface area contributed by atoms with Crippen LogP contribution >= 0.6 is 11.6 Å². The first-order valence-corrected chi connectivity index (χ1v) is 10.3. The number of rotatable bonds is 5. The summed E-state index contributed by atoms with van der Waals surface area (Å²) in [4.78, 5) is 16.5. The number of halogens is 5. The van der Waals surface area contributed by atoms with E-state index in [0.717, 1.165) is 16.3 Å². The number of benzene rings is 2. The minimum absolute atomic E-state index is 0.0554. The molecule has 0 saturated heterocycles. The SMILES string of the molecule is Cc1ccc(Cl)cc1NC(=O)COc1cc(C(F)(F)F)c2c(C)nn(-c3cccc(F)c3)c2n1. The maximum absolute atomic E-state index is 13.9. The fourth-order valence-electron chi connectivity index (χ4n) is 3.41. The van der Waals surface area contributed by atoms with Crippen molar-refractivity contribution in [3.8, 4) is 11.6 Å². The van der Waals surface area contributed by atoms with Crippen molar-refractivity contribution in [2.45, 2.75) is 20.0 Å². The van der Waals surface area contributed by atoms with E-state index in [-0.39, 0.29) is 22.4 Å². The Labute approximate surface area is 196 Å². The molecular formula is C23H17ClF4N4O2. The van der Waals surface area contributed by atoms with Gasteiger partial charge in [-0.1, -0.05) is 23.7 Å². The van der Waals surface area contributed by atoms with E-state index in [0.29, 0.717) is 16.8 Å². The lowest BCUT2D eigenvalue weighted by atomic mass is 10.1. The molecule has 1 amide bonds. The first-order chi connectivity index (χ1) is 16.0. The molecule has 6 nitrogen and oxygen atoms in total. The Morgan fingerprint density at radius 1 is 1.15 bits per heavy atom. The maximum atomic E-state index is 13.9. The molecule has 1 N–H and O–H groups in total. The molecule has 0 aliphatic rings.